The molecule has 1 amide bonds. The molecule has 0 bridgehead atoms. The molecule has 2 aliphatic heterocycles. The number of pyridine rings is 1. The fourth-order valence-corrected chi connectivity index (χ4v) is 5.11. The van der Waals surface area contributed by atoms with Crippen LogP contribution in [-0.4, -0.2) is 50.5 Å². The van der Waals surface area contributed by atoms with Gasteiger partial charge in [-0.05, 0) is 74.4 Å². The predicted molar refractivity (Wildman–Crippen MR) is 132 cm³/mol. The van der Waals surface area contributed by atoms with E-state index in [-0.39, 0.29) is 23.3 Å². The molecule has 5 rings (SSSR count). The molecule has 0 aliphatic carbocycles. The molecule has 1 aromatic carbocycles. The quantitative estimate of drug-likeness (QED) is 0.524. The van der Waals surface area contributed by atoms with Crippen LogP contribution in [0.25, 0.3) is 22.2 Å². The van der Waals surface area contributed by atoms with Crippen molar-refractivity contribution in [2.45, 2.75) is 58.3 Å². The molecule has 4 heterocycles. The highest BCUT2D eigenvalue weighted by atomic mass is 16.6. The van der Waals surface area contributed by atoms with E-state index in [1.54, 1.807) is 11.1 Å². The van der Waals surface area contributed by atoms with Crippen molar-refractivity contribution in [1.29, 1.82) is 5.26 Å². The van der Waals surface area contributed by atoms with E-state index < -0.39 is 11.7 Å². The second-order valence-electron chi connectivity index (χ2n) is 10.2. The summed E-state index contributed by atoms with van der Waals surface area (Å²) in [7, 11) is 0. The molecule has 2 aliphatic rings. The van der Waals surface area contributed by atoms with Crippen LogP contribution < -0.4 is 0 Å². The number of carboxylic acid groups (broad SMARTS) is 1. The highest BCUT2D eigenvalue weighted by Gasteiger charge is 2.35. The summed E-state index contributed by atoms with van der Waals surface area (Å²) in [5.41, 5.74) is 4.88. The molecule has 0 saturated carbocycles. The van der Waals surface area contributed by atoms with E-state index in [4.69, 9.17) is 9.47 Å². The van der Waals surface area contributed by atoms with Crippen molar-refractivity contribution in [3.63, 3.8) is 0 Å². The monoisotopic (exact) mass is 488 g/mol. The minimum absolute atomic E-state index is 0.130. The zero-order valence-electron chi connectivity index (χ0n) is 20.6. The number of carbonyl (C=O) groups excluding carboxylic acids is 1. The Bertz CT molecular complexity index is 1410. The average Bonchev–Trinajstić information content (AvgIpc) is 3.47. The van der Waals surface area contributed by atoms with Crippen LogP contribution in [0.3, 0.4) is 0 Å². The van der Waals surface area contributed by atoms with Crippen LogP contribution in [0, 0.1) is 11.3 Å². The maximum atomic E-state index is 13.0. The average molecular weight is 489 g/mol. The molecule has 9 heteroatoms. The summed E-state index contributed by atoms with van der Waals surface area (Å²) in [6.45, 7) is 7.32. The van der Waals surface area contributed by atoms with Crippen molar-refractivity contribution in [2.24, 2.45) is 0 Å². The van der Waals surface area contributed by atoms with Gasteiger partial charge in [-0.15, -0.1) is 0 Å². The van der Waals surface area contributed by atoms with Crippen molar-refractivity contribution in [1.82, 2.24) is 14.5 Å². The SMILES string of the molecule is CC(C)(C)OC(=O)N1CCCC1c1cc(-c2cnc3c(c2)c(C#N)cn3C(=O)O)cc2c1COCC2. The smallest absolute Gasteiger partial charge is 0.417 e. The number of amides is 1. The Kier molecular flexibility index (Phi) is 5.92. The number of fused-ring (bicyclic) bond motifs is 2. The number of nitriles is 1. The summed E-state index contributed by atoms with van der Waals surface area (Å²) in [6.07, 6.45) is 3.87. The number of nitrogens with zero attached hydrogens (tertiary/aromatic N) is 4. The van der Waals surface area contributed by atoms with Gasteiger partial charge in [0.2, 0.25) is 0 Å². The van der Waals surface area contributed by atoms with E-state index in [9.17, 15) is 20.0 Å². The Labute approximate surface area is 208 Å². The number of benzene rings is 1. The molecule has 0 radical (unpaired) electrons. The van der Waals surface area contributed by atoms with Gasteiger partial charge in [0, 0.05) is 29.9 Å². The molecule has 1 fully saturated rings. The number of hydrogen-bond donors (Lipinski definition) is 1. The van der Waals surface area contributed by atoms with Gasteiger partial charge in [-0.1, -0.05) is 6.07 Å². The molecule has 2 aromatic heterocycles. The van der Waals surface area contributed by atoms with Gasteiger partial charge in [0.05, 0.1) is 24.8 Å². The second kappa shape index (κ2) is 8.95. The lowest BCUT2D eigenvalue weighted by Crippen LogP contribution is -2.36. The zero-order valence-corrected chi connectivity index (χ0v) is 20.6. The number of likely N-dealkylation sites (tertiary alicyclic amines) is 1. The summed E-state index contributed by atoms with van der Waals surface area (Å²) in [6, 6.07) is 7.93. The van der Waals surface area contributed by atoms with E-state index in [1.807, 2.05) is 26.8 Å². The van der Waals surface area contributed by atoms with Crippen molar-refractivity contribution < 1.29 is 24.2 Å². The maximum Gasteiger partial charge on any atom is 0.417 e. The van der Waals surface area contributed by atoms with Crippen molar-refractivity contribution in [3.8, 4) is 17.2 Å². The van der Waals surface area contributed by atoms with Gasteiger partial charge in [0.15, 0.2) is 5.65 Å². The van der Waals surface area contributed by atoms with Crippen LogP contribution in [0.1, 0.15) is 61.9 Å². The van der Waals surface area contributed by atoms with Gasteiger partial charge in [-0.3, -0.25) is 0 Å². The number of carbonyl (C=O) groups is 2. The van der Waals surface area contributed by atoms with E-state index in [0.29, 0.717) is 25.1 Å². The second-order valence-corrected chi connectivity index (χ2v) is 10.2. The lowest BCUT2D eigenvalue weighted by molar-refractivity contribution is 0.0221. The summed E-state index contributed by atoms with van der Waals surface area (Å²) in [5.74, 6) is 0. The third-order valence-electron chi connectivity index (χ3n) is 6.68. The highest BCUT2D eigenvalue weighted by molar-refractivity contribution is 5.93. The lowest BCUT2D eigenvalue weighted by atomic mass is 9.88. The number of hydrogen-bond acceptors (Lipinski definition) is 6. The van der Waals surface area contributed by atoms with Crippen molar-refractivity contribution in [2.75, 3.05) is 13.2 Å². The van der Waals surface area contributed by atoms with Crippen LogP contribution in [-0.2, 0) is 22.5 Å². The van der Waals surface area contributed by atoms with Crippen molar-refractivity contribution >= 4 is 23.2 Å². The first-order valence-electron chi connectivity index (χ1n) is 12.0. The standard InChI is InChI=1S/C27H28N4O5/c1-27(2,3)36-26(34)30-7-4-5-23(30)21-10-17(9-16-6-8-35-15-22(16)21)18-11-20-19(12-28)14-31(25(32)33)24(20)29-13-18/h9-11,13-14,23H,4-8,15H2,1-3H3,(H,32,33). The Balaban J connectivity index is 1.61. The van der Waals surface area contributed by atoms with Gasteiger partial charge in [-0.2, -0.15) is 5.26 Å². The molecule has 0 spiro atoms. The number of ether oxygens (including phenoxy) is 2. The maximum absolute atomic E-state index is 13.0. The normalized spacial score (nSPS) is 17.6. The van der Waals surface area contributed by atoms with E-state index >= 15 is 0 Å². The van der Waals surface area contributed by atoms with Crippen LogP contribution >= 0.6 is 0 Å². The predicted octanol–water partition coefficient (Wildman–Crippen LogP) is 5.25. The van der Waals surface area contributed by atoms with E-state index in [2.05, 4.69) is 23.2 Å². The molecular formula is C27H28N4O5. The molecule has 9 nitrogen and oxygen atoms in total. The first-order chi connectivity index (χ1) is 17.2. The topological polar surface area (TPSA) is 118 Å². The van der Waals surface area contributed by atoms with Gasteiger partial charge in [0.25, 0.3) is 0 Å². The van der Waals surface area contributed by atoms with Gasteiger partial charge >= 0.3 is 12.2 Å². The van der Waals surface area contributed by atoms with E-state index in [1.165, 1.54) is 6.20 Å². The van der Waals surface area contributed by atoms with Crippen LogP contribution in [0.15, 0.2) is 30.6 Å². The Hall–Kier alpha value is -3.90. The molecular weight excluding hydrogens is 460 g/mol. The van der Waals surface area contributed by atoms with Crippen LogP contribution in [0.2, 0.25) is 0 Å². The molecule has 1 atom stereocenters. The minimum atomic E-state index is -1.19. The summed E-state index contributed by atoms with van der Waals surface area (Å²) >= 11 is 0. The molecule has 36 heavy (non-hydrogen) atoms. The Morgan fingerprint density at radius 1 is 1.25 bits per heavy atom. The highest BCUT2D eigenvalue weighted by Crippen LogP contribution is 2.40. The summed E-state index contributed by atoms with van der Waals surface area (Å²) in [4.78, 5) is 30.8. The largest absolute Gasteiger partial charge is 0.464 e. The Morgan fingerprint density at radius 3 is 2.78 bits per heavy atom. The van der Waals surface area contributed by atoms with Crippen LogP contribution in [0.5, 0.6) is 0 Å². The summed E-state index contributed by atoms with van der Waals surface area (Å²) < 4.78 is 12.4. The van der Waals surface area contributed by atoms with Gasteiger partial charge in [-0.25, -0.2) is 19.1 Å². The number of aromatic nitrogens is 2. The summed E-state index contributed by atoms with van der Waals surface area (Å²) in [5, 5.41) is 19.5. The third kappa shape index (κ3) is 4.29. The zero-order chi connectivity index (χ0) is 25.6. The first-order valence-corrected chi connectivity index (χ1v) is 12.0. The molecule has 1 unspecified atom stereocenters. The molecule has 186 valence electrons. The fourth-order valence-electron chi connectivity index (χ4n) is 5.11. The Morgan fingerprint density at radius 2 is 2.06 bits per heavy atom. The van der Waals surface area contributed by atoms with E-state index in [0.717, 1.165) is 51.6 Å². The number of rotatable bonds is 2. The minimum Gasteiger partial charge on any atom is -0.464 e. The lowest BCUT2D eigenvalue weighted by Gasteiger charge is -2.31. The molecule has 1 N–H and O–H groups in total. The molecule has 3 aromatic rings. The van der Waals surface area contributed by atoms with Crippen molar-refractivity contribution in [3.05, 3.63) is 52.8 Å². The van der Waals surface area contributed by atoms with Gasteiger partial charge in [0.1, 0.15) is 11.7 Å². The van der Waals surface area contributed by atoms with Crippen LogP contribution in [0.4, 0.5) is 9.59 Å². The molecule has 1 saturated heterocycles. The first kappa shape index (κ1) is 23.8. The third-order valence-corrected chi connectivity index (χ3v) is 6.68. The fraction of sp³-hybridized carbons (Fsp3) is 0.407. The van der Waals surface area contributed by atoms with Gasteiger partial charge < -0.3 is 19.5 Å².